The lowest BCUT2D eigenvalue weighted by atomic mass is 9.89. The fourth-order valence-electron chi connectivity index (χ4n) is 3.87. The summed E-state index contributed by atoms with van der Waals surface area (Å²) in [5, 5.41) is 0. The van der Waals surface area contributed by atoms with Crippen LogP contribution in [0, 0.1) is 5.92 Å². The first-order valence-corrected chi connectivity index (χ1v) is 8.58. The van der Waals surface area contributed by atoms with Gasteiger partial charge in [0.2, 0.25) is 5.91 Å². The summed E-state index contributed by atoms with van der Waals surface area (Å²) in [5.41, 5.74) is 2.44. The average Bonchev–Trinajstić information content (AvgIpc) is 3.00. The first kappa shape index (κ1) is 15.3. The van der Waals surface area contributed by atoms with E-state index in [0.29, 0.717) is 12.3 Å². The molecule has 1 heterocycles. The van der Waals surface area contributed by atoms with Crippen LogP contribution in [0.2, 0.25) is 0 Å². The van der Waals surface area contributed by atoms with Crippen LogP contribution < -0.4 is 0 Å². The molecule has 0 spiro atoms. The largest absolute Gasteiger partial charge is 0.332 e. The molecule has 118 valence electrons. The van der Waals surface area contributed by atoms with Gasteiger partial charge in [0.25, 0.3) is 0 Å². The van der Waals surface area contributed by atoms with Gasteiger partial charge >= 0.3 is 0 Å². The monoisotopic (exact) mass is 298 g/mol. The van der Waals surface area contributed by atoms with E-state index < -0.39 is 0 Å². The van der Waals surface area contributed by atoms with Crippen molar-refractivity contribution >= 4 is 5.91 Å². The fraction of sp³-hybridized carbons (Fsp3) is 0.579. The van der Waals surface area contributed by atoms with Gasteiger partial charge < -0.3 is 4.90 Å². The first-order chi connectivity index (χ1) is 10.7. The van der Waals surface area contributed by atoms with Crippen LogP contribution in [0.25, 0.3) is 0 Å². The third-order valence-corrected chi connectivity index (χ3v) is 4.89. The molecule has 0 aromatic carbocycles. The average molecular weight is 298 g/mol. The molecule has 0 radical (unpaired) electrons. The summed E-state index contributed by atoms with van der Waals surface area (Å²) >= 11 is 0. The van der Waals surface area contributed by atoms with Crippen molar-refractivity contribution in [2.45, 2.75) is 64.5 Å². The second kappa shape index (κ2) is 6.64. The van der Waals surface area contributed by atoms with Crippen molar-refractivity contribution in [3.05, 3.63) is 41.7 Å². The van der Waals surface area contributed by atoms with Gasteiger partial charge in [-0.25, -0.2) is 0 Å². The van der Waals surface area contributed by atoms with Gasteiger partial charge in [0, 0.05) is 18.7 Å². The molecule has 3 rings (SSSR count). The Kier molecular flexibility index (Phi) is 4.60. The molecule has 3 heteroatoms. The van der Waals surface area contributed by atoms with E-state index in [2.05, 4.69) is 41.9 Å². The van der Waals surface area contributed by atoms with Crippen molar-refractivity contribution in [2.75, 3.05) is 0 Å². The second-order valence-electron chi connectivity index (χ2n) is 6.82. The zero-order chi connectivity index (χ0) is 15.5. The number of allylic oxidation sites excluding steroid dienone is 2. The lowest BCUT2D eigenvalue weighted by Crippen LogP contribution is -2.42. The molecular weight excluding hydrogens is 272 g/mol. The Balaban J connectivity index is 1.82. The highest BCUT2D eigenvalue weighted by molar-refractivity contribution is 5.77. The molecule has 0 aliphatic heterocycles. The van der Waals surface area contributed by atoms with Crippen molar-refractivity contribution in [1.82, 2.24) is 9.88 Å². The fourth-order valence-corrected chi connectivity index (χ4v) is 3.87. The van der Waals surface area contributed by atoms with Crippen LogP contribution >= 0.6 is 0 Å². The molecule has 0 saturated carbocycles. The Morgan fingerprint density at radius 1 is 1.41 bits per heavy atom. The van der Waals surface area contributed by atoms with Gasteiger partial charge in [-0.2, -0.15) is 0 Å². The Hall–Kier alpha value is -1.64. The quantitative estimate of drug-likeness (QED) is 0.786. The number of hydrogen-bond acceptors (Lipinski definition) is 2. The summed E-state index contributed by atoms with van der Waals surface area (Å²) in [5.74, 6) is 0.718. The Bertz CT molecular complexity index is 564. The van der Waals surface area contributed by atoms with Crippen LogP contribution in [-0.4, -0.2) is 21.8 Å². The molecule has 1 amide bonds. The first-order valence-electron chi connectivity index (χ1n) is 8.58. The van der Waals surface area contributed by atoms with Crippen LogP contribution in [0.1, 0.15) is 63.3 Å². The zero-order valence-electron chi connectivity index (χ0n) is 13.7. The number of aryl methyl sites for hydroxylation is 1. The molecule has 0 saturated heterocycles. The molecule has 1 aromatic heterocycles. The molecule has 2 atom stereocenters. The molecule has 0 fully saturated rings. The van der Waals surface area contributed by atoms with E-state index in [1.807, 2.05) is 12.3 Å². The molecule has 1 aromatic rings. The summed E-state index contributed by atoms with van der Waals surface area (Å²) < 4.78 is 0. The normalized spacial score (nSPS) is 23.6. The number of carbonyl (C=O) groups is 1. The SMILES string of the molecule is CC(C)N(C(=O)C[C@H]1C=CCC1)[C@@H]1CCCc2cccnc21. The van der Waals surface area contributed by atoms with Gasteiger partial charge in [0.15, 0.2) is 0 Å². The predicted molar refractivity (Wildman–Crippen MR) is 88.4 cm³/mol. The smallest absolute Gasteiger partial charge is 0.223 e. The third kappa shape index (κ3) is 3.08. The number of nitrogens with zero attached hydrogens (tertiary/aromatic N) is 2. The summed E-state index contributed by atoms with van der Waals surface area (Å²) in [6.45, 7) is 4.25. The molecule has 3 nitrogen and oxygen atoms in total. The number of aromatic nitrogens is 1. The molecule has 2 aliphatic carbocycles. The minimum atomic E-state index is 0.155. The number of fused-ring (bicyclic) bond motifs is 1. The topological polar surface area (TPSA) is 33.2 Å². The van der Waals surface area contributed by atoms with Gasteiger partial charge in [-0.1, -0.05) is 18.2 Å². The molecule has 0 bridgehead atoms. The number of hydrogen-bond donors (Lipinski definition) is 0. The van der Waals surface area contributed by atoms with Crippen molar-refractivity contribution < 1.29 is 4.79 Å². The van der Waals surface area contributed by atoms with E-state index >= 15 is 0 Å². The number of carbonyl (C=O) groups excluding carboxylic acids is 1. The standard InChI is InChI=1S/C19H26N2O/c1-14(2)21(18(22)13-15-7-3-4-8-15)17-11-5-9-16-10-6-12-20-19(16)17/h3,6-7,10,12,14-15,17H,4-5,8-9,11,13H2,1-2H3/t15-,17+/m0/s1. The Morgan fingerprint density at radius 2 is 2.27 bits per heavy atom. The van der Waals surface area contributed by atoms with Crippen molar-refractivity contribution in [3.63, 3.8) is 0 Å². The predicted octanol–water partition coefficient (Wildman–Crippen LogP) is 4.05. The Labute approximate surface area is 133 Å². The van der Waals surface area contributed by atoms with Crippen LogP contribution in [0.15, 0.2) is 30.5 Å². The van der Waals surface area contributed by atoms with Gasteiger partial charge in [0.1, 0.15) is 0 Å². The third-order valence-electron chi connectivity index (χ3n) is 4.89. The minimum Gasteiger partial charge on any atom is -0.332 e. The van der Waals surface area contributed by atoms with E-state index in [1.54, 1.807) is 0 Å². The summed E-state index contributed by atoms with van der Waals surface area (Å²) in [6, 6.07) is 4.54. The second-order valence-corrected chi connectivity index (χ2v) is 6.82. The lowest BCUT2D eigenvalue weighted by molar-refractivity contribution is -0.137. The highest BCUT2D eigenvalue weighted by atomic mass is 16.2. The van der Waals surface area contributed by atoms with E-state index in [0.717, 1.165) is 37.8 Å². The Morgan fingerprint density at radius 3 is 3.00 bits per heavy atom. The van der Waals surface area contributed by atoms with Gasteiger partial charge in [0.05, 0.1) is 11.7 Å². The van der Waals surface area contributed by atoms with E-state index in [4.69, 9.17) is 0 Å². The maximum Gasteiger partial charge on any atom is 0.223 e. The lowest BCUT2D eigenvalue weighted by Gasteiger charge is -2.38. The molecule has 22 heavy (non-hydrogen) atoms. The molecule has 2 aliphatic rings. The van der Waals surface area contributed by atoms with Crippen molar-refractivity contribution in [1.29, 1.82) is 0 Å². The van der Waals surface area contributed by atoms with Crippen LogP contribution in [-0.2, 0) is 11.2 Å². The van der Waals surface area contributed by atoms with Gasteiger partial charge in [-0.15, -0.1) is 0 Å². The number of rotatable bonds is 4. The van der Waals surface area contributed by atoms with E-state index in [-0.39, 0.29) is 18.0 Å². The van der Waals surface area contributed by atoms with Gasteiger partial charge in [-0.05, 0) is 63.5 Å². The highest BCUT2D eigenvalue weighted by Gasteiger charge is 2.32. The highest BCUT2D eigenvalue weighted by Crippen LogP contribution is 2.35. The van der Waals surface area contributed by atoms with Crippen LogP contribution in [0.3, 0.4) is 0 Å². The zero-order valence-corrected chi connectivity index (χ0v) is 13.7. The maximum absolute atomic E-state index is 12.9. The van der Waals surface area contributed by atoms with E-state index in [1.165, 1.54) is 5.56 Å². The van der Waals surface area contributed by atoms with Crippen molar-refractivity contribution in [3.8, 4) is 0 Å². The molecular formula is C19H26N2O. The van der Waals surface area contributed by atoms with Crippen LogP contribution in [0.5, 0.6) is 0 Å². The summed E-state index contributed by atoms with van der Waals surface area (Å²) in [6.07, 6.45) is 12.4. The van der Waals surface area contributed by atoms with E-state index in [9.17, 15) is 4.79 Å². The number of pyridine rings is 1. The van der Waals surface area contributed by atoms with Gasteiger partial charge in [-0.3, -0.25) is 9.78 Å². The van der Waals surface area contributed by atoms with Crippen molar-refractivity contribution in [2.24, 2.45) is 5.92 Å². The number of amides is 1. The summed E-state index contributed by atoms with van der Waals surface area (Å²) in [7, 11) is 0. The molecule has 0 unspecified atom stereocenters. The van der Waals surface area contributed by atoms with Crippen LogP contribution in [0.4, 0.5) is 0 Å². The molecule has 0 N–H and O–H groups in total. The minimum absolute atomic E-state index is 0.155. The summed E-state index contributed by atoms with van der Waals surface area (Å²) in [4.78, 5) is 19.6. The maximum atomic E-state index is 12.9.